The van der Waals surface area contributed by atoms with E-state index in [4.69, 9.17) is 44.2 Å². The maximum atomic E-state index is 13.1. The van der Waals surface area contributed by atoms with Gasteiger partial charge in [0.2, 0.25) is 5.91 Å². The summed E-state index contributed by atoms with van der Waals surface area (Å²) < 4.78 is 45.8. The van der Waals surface area contributed by atoms with Crippen LogP contribution in [-0.4, -0.2) is 45.8 Å². The van der Waals surface area contributed by atoms with E-state index >= 15 is 0 Å². The first-order valence-electron chi connectivity index (χ1n) is 12.8. The van der Waals surface area contributed by atoms with E-state index in [0.29, 0.717) is 76.9 Å². The predicted molar refractivity (Wildman–Crippen MR) is 152 cm³/mol. The van der Waals surface area contributed by atoms with Crippen molar-refractivity contribution in [2.24, 2.45) is 5.16 Å². The van der Waals surface area contributed by atoms with Gasteiger partial charge in [0.25, 0.3) is 5.56 Å². The molecule has 1 atom stereocenters. The molecule has 42 heavy (non-hydrogen) atoms. The Labute approximate surface area is 252 Å². The summed E-state index contributed by atoms with van der Waals surface area (Å²) in [4.78, 5) is 37.1. The van der Waals surface area contributed by atoms with E-state index in [0.717, 1.165) is 5.01 Å². The predicted octanol–water partition coefficient (Wildman–Crippen LogP) is 5.91. The molecule has 0 aliphatic carbocycles. The fraction of sp³-hybridized carbons (Fsp3) is 0.357. The Morgan fingerprint density at radius 1 is 1.24 bits per heavy atom. The highest BCUT2D eigenvalue weighted by atomic mass is 35.5. The zero-order valence-corrected chi connectivity index (χ0v) is 24.2. The molecule has 0 spiro atoms. The normalized spacial score (nSPS) is 17.5. The van der Waals surface area contributed by atoms with Gasteiger partial charge in [-0.15, -0.1) is 17.8 Å². The molecule has 220 valence electrons. The van der Waals surface area contributed by atoms with Crippen molar-refractivity contribution < 1.29 is 27.5 Å². The minimum atomic E-state index is -4.70. The van der Waals surface area contributed by atoms with Crippen LogP contribution in [0.2, 0.25) is 10.0 Å². The molecule has 3 aromatic rings. The first kappa shape index (κ1) is 29.9. The highest BCUT2D eigenvalue weighted by Gasteiger charge is 2.34. The molecule has 2 aromatic heterocycles. The number of terminal acetylenes is 1. The summed E-state index contributed by atoms with van der Waals surface area (Å²) in [6.07, 6.45) is 2.44. The number of likely N-dealkylation sites (tertiary alicyclic amines) is 1. The Morgan fingerprint density at radius 2 is 2.00 bits per heavy atom. The van der Waals surface area contributed by atoms with Crippen molar-refractivity contribution in [3.8, 4) is 18.1 Å². The molecule has 0 bridgehead atoms. The fourth-order valence-electron chi connectivity index (χ4n) is 4.86. The van der Waals surface area contributed by atoms with Gasteiger partial charge in [0.15, 0.2) is 6.10 Å². The second-order valence-electron chi connectivity index (χ2n) is 9.71. The summed E-state index contributed by atoms with van der Waals surface area (Å²) in [6, 6.07) is 5.84. The number of pyridine rings is 1. The maximum Gasteiger partial charge on any atom is 0.417 e. The highest BCUT2D eigenvalue weighted by molar-refractivity contribution is 7.10. The molecule has 0 radical (unpaired) electrons. The minimum absolute atomic E-state index is 0.0876. The first-order chi connectivity index (χ1) is 20.0. The number of ether oxygens (including phenoxy) is 1. The van der Waals surface area contributed by atoms with Crippen molar-refractivity contribution in [1.29, 1.82) is 0 Å². The highest BCUT2D eigenvalue weighted by Crippen LogP contribution is 2.40. The molecule has 8 nitrogen and oxygen atoms in total. The number of carbonyl (C=O) groups is 1. The van der Waals surface area contributed by atoms with Crippen LogP contribution in [-0.2, 0) is 22.4 Å². The molecular weight excluding hydrogens is 616 g/mol. The summed E-state index contributed by atoms with van der Waals surface area (Å²) in [5, 5.41) is 6.92. The molecule has 0 saturated carbocycles. The lowest BCUT2D eigenvalue weighted by atomic mass is 9.97. The van der Waals surface area contributed by atoms with Crippen LogP contribution in [0.3, 0.4) is 0 Å². The van der Waals surface area contributed by atoms with Crippen molar-refractivity contribution in [3.05, 3.63) is 78.1 Å². The number of benzene rings is 1. The monoisotopic (exact) mass is 638 g/mol. The van der Waals surface area contributed by atoms with Gasteiger partial charge in [-0.05, 0) is 31.0 Å². The largest absolute Gasteiger partial charge is 0.480 e. The van der Waals surface area contributed by atoms with Gasteiger partial charge in [-0.25, -0.2) is 4.98 Å². The first-order valence-corrected chi connectivity index (χ1v) is 14.5. The van der Waals surface area contributed by atoms with Crippen molar-refractivity contribution in [2.45, 2.75) is 44.0 Å². The molecule has 5 rings (SSSR count). The standard InChI is InChI=1S/C28H23Cl2F3N4O4S/c1-2-10-40-22-5-3-4-18(29)25(22)23-12-20(35-41-23)21-15-42-26(34-21)16-6-8-36(9-7-16)24(38)14-37-13-17(28(31,32)33)11-19(30)27(37)39/h1,3-5,11,13,15-16,23H,6-10,12,14H2. The van der Waals surface area contributed by atoms with Crippen LogP contribution in [0, 0.1) is 12.3 Å². The summed E-state index contributed by atoms with van der Waals surface area (Å²) in [5.74, 6) is 2.59. The Hall–Kier alpha value is -3.53. The summed E-state index contributed by atoms with van der Waals surface area (Å²) >= 11 is 13.6. The van der Waals surface area contributed by atoms with E-state index in [-0.39, 0.29) is 12.5 Å². The summed E-state index contributed by atoms with van der Waals surface area (Å²) in [5.41, 5.74) is 0.0785. The third-order valence-corrected chi connectivity index (χ3v) is 8.61. The maximum absolute atomic E-state index is 13.1. The lowest BCUT2D eigenvalue weighted by Gasteiger charge is -2.31. The van der Waals surface area contributed by atoms with E-state index in [1.807, 2.05) is 5.38 Å². The Morgan fingerprint density at radius 3 is 2.71 bits per heavy atom. The van der Waals surface area contributed by atoms with Crippen LogP contribution in [0.25, 0.3) is 0 Å². The van der Waals surface area contributed by atoms with Crippen molar-refractivity contribution in [3.63, 3.8) is 0 Å². The molecule has 4 heterocycles. The van der Waals surface area contributed by atoms with Crippen LogP contribution in [0.4, 0.5) is 13.2 Å². The zero-order valence-electron chi connectivity index (χ0n) is 21.9. The molecule has 1 aromatic carbocycles. The van der Waals surface area contributed by atoms with E-state index in [1.54, 1.807) is 18.2 Å². The zero-order chi connectivity index (χ0) is 30.0. The van der Waals surface area contributed by atoms with E-state index < -0.39 is 40.9 Å². The smallest absolute Gasteiger partial charge is 0.417 e. The van der Waals surface area contributed by atoms with Crippen molar-refractivity contribution >= 4 is 46.2 Å². The number of aromatic nitrogens is 2. The minimum Gasteiger partial charge on any atom is -0.480 e. The topological polar surface area (TPSA) is 86.0 Å². The third-order valence-electron chi connectivity index (χ3n) is 7.00. The van der Waals surface area contributed by atoms with Gasteiger partial charge in [0, 0.05) is 37.0 Å². The number of nitrogens with zero attached hydrogens (tertiary/aromatic N) is 4. The van der Waals surface area contributed by atoms with Crippen LogP contribution in [0.1, 0.15) is 53.1 Å². The molecule has 2 aliphatic heterocycles. The van der Waals surface area contributed by atoms with Gasteiger partial charge in [0.05, 0.1) is 26.9 Å². The number of rotatable bonds is 7. The Bertz CT molecular complexity index is 1620. The van der Waals surface area contributed by atoms with Crippen molar-refractivity contribution in [2.75, 3.05) is 19.7 Å². The van der Waals surface area contributed by atoms with Gasteiger partial charge in [-0.1, -0.05) is 40.3 Å². The number of halogens is 5. The SMILES string of the molecule is C#CCOc1cccc(Cl)c1C1CC(c2csc(C3CCN(C(=O)Cn4cc(C(F)(F)F)cc(Cl)c4=O)CC3)n2)=NO1. The van der Waals surface area contributed by atoms with E-state index in [1.165, 1.54) is 16.2 Å². The van der Waals surface area contributed by atoms with Crippen LogP contribution in [0.15, 0.2) is 45.8 Å². The number of alkyl halides is 3. The second-order valence-corrected chi connectivity index (χ2v) is 11.4. The number of oxime groups is 1. The third kappa shape index (κ3) is 6.43. The van der Waals surface area contributed by atoms with Gasteiger partial charge in [0.1, 0.15) is 29.6 Å². The molecule has 1 saturated heterocycles. The van der Waals surface area contributed by atoms with Crippen molar-refractivity contribution in [1.82, 2.24) is 14.5 Å². The average Bonchev–Trinajstić information content (AvgIpc) is 3.64. The van der Waals surface area contributed by atoms with E-state index in [9.17, 15) is 22.8 Å². The number of hydrogen-bond acceptors (Lipinski definition) is 7. The molecule has 1 amide bonds. The molecular formula is C28H23Cl2F3N4O4S. The summed E-state index contributed by atoms with van der Waals surface area (Å²) in [6.45, 7) is 0.306. The fourth-order valence-corrected chi connectivity index (χ4v) is 6.37. The average molecular weight is 639 g/mol. The number of thiazole rings is 1. The van der Waals surface area contributed by atoms with Gasteiger partial charge in [-0.3, -0.25) is 9.59 Å². The number of piperidine rings is 1. The molecule has 1 fully saturated rings. The molecule has 14 heteroatoms. The lowest BCUT2D eigenvalue weighted by Crippen LogP contribution is -2.41. The Kier molecular flexibility index (Phi) is 8.82. The quantitative estimate of drug-likeness (QED) is 0.300. The molecule has 0 N–H and O–H groups in total. The van der Waals surface area contributed by atoms with Gasteiger partial charge < -0.3 is 19.0 Å². The van der Waals surface area contributed by atoms with Crippen LogP contribution < -0.4 is 10.3 Å². The number of amides is 1. The van der Waals surface area contributed by atoms with Crippen LogP contribution in [0.5, 0.6) is 5.75 Å². The second kappa shape index (κ2) is 12.4. The van der Waals surface area contributed by atoms with E-state index in [2.05, 4.69) is 11.1 Å². The van der Waals surface area contributed by atoms with Gasteiger partial charge >= 0.3 is 6.18 Å². The van der Waals surface area contributed by atoms with Gasteiger partial charge in [-0.2, -0.15) is 13.2 Å². The molecule has 2 aliphatic rings. The number of carbonyl (C=O) groups excluding carboxylic acids is 1. The number of hydrogen-bond donors (Lipinski definition) is 0. The molecule has 1 unspecified atom stereocenters. The summed E-state index contributed by atoms with van der Waals surface area (Å²) in [7, 11) is 0. The Balaban J connectivity index is 1.19. The lowest BCUT2D eigenvalue weighted by molar-refractivity contribution is -0.139. The van der Waals surface area contributed by atoms with Crippen LogP contribution >= 0.6 is 34.5 Å².